The summed E-state index contributed by atoms with van der Waals surface area (Å²) in [6.45, 7) is 9.05. The van der Waals surface area contributed by atoms with Gasteiger partial charge in [0, 0.05) is 32.6 Å². The minimum Gasteiger partial charge on any atom is -0.490 e. The lowest BCUT2D eigenvalue weighted by atomic mass is 10.1. The summed E-state index contributed by atoms with van der Waals surface area (Å²) in [6, 6.07) is 6.27. The van der Waals surface area contributed by atoms with Crippen LogP contribution in [0.4, 0.5) is 9.18 Å². The number of para-hydroxylation sites is 1. The maximum absolute atomic E-state index is 13.6. The van der Waals surface area contributed by atoms with E-state index >= 15 is 0 Å². The van der Waals surface area contributed by atoms with Gasteiger partial charge in [-0.15, -0.1) is 0 Å². The van der Waals surface area contributed by atoms with E-state index in [1.54, 1.807) is 23.1 Å². The molecule has 0 spiro atoms. The number of hydrogen-bond donors (Lipinski definition) is 1. The minimum absolute atomic E-state index is 0.140. The van der Waals surface area contributed by atoms with Crippen molar-refractivity contribution in [2.75, 3.05) is 39.4 Å². The summed E-state index contributed by atoms with van der Waals surface area (Å²) in [7, 11) is 0. The third kappa shape index (κ3) is 7.17. The molecule has 1 fully saturated rings. The molecule has 0 aliphatic carbocycles. The summed E-state index contributed by atoms with van der Waals surface area (Å²) in [5, 5.41) is 3.19. The average Bonchev–Trinajstić information content (AvgIpc) is 2.60. The molecule has 6 nitrogen and oxygen atoms in total. The van der Waals surface area contributed by atoms with Gasteiger partial charge in [0.1, 0.15) is 6.61 Å². The number of halogens is 1. The highest BCUT2D eigenvalue weighted by Crippen LogP contribution is 2.18. The normalized spacial score (nSPS) is 16.2. The second kappa shape index (κ2) is 9.73. The summed E-state index contributed by atoms with van der Waals surface area (Å²) in [4.78, 5) is 13.8. The molecule has 1 N–H and O–H groups in total. The third-order valence-electron chi connectivity index (χ3n) is 3.82. The van der Waals surface area contributed by atoms with Crippen LogP contribution in [-0.4, -0.2) is 62.1 Å². The lowest BCUT2D eigenvalue weighted by Crippen LogP contribution is -2.47. The van der Waals surface area contributed by atoms with Crippen LogP contribution in [-0.2, 0) is 9.47 Å². The van der Waals surface area contributed by atoms with Gasteiger partial charge >= 0.3 is 6.09 Å². The van der Waals surface area contributed by atoms with E-state index in [0.29, 0.717) is 19.5 Å². The molecule has 1 heterocycles. The largest absolute Gasteiger partial charge is 0.490 e. The molecule has 0 aromatic heterocycles. The van der Waals surface area contributed by atoms with Crippen LogP contribution < -0.4 is 10.1 Å². The maximum atomic E-state index is 13.6. The van der Waals surface area contributed by atoms with Crippen LogP contribution in [0.2, 0.25) is 0 Å². The number of nitrogens with zero attached hydrogens (tertiary/aromatic N) is 1. The monoisotopic (exact) mass is 368 g/mol. The Morgan fingerprint density at radius 2 is 1.96 bits per heavy atom. The van der Waals surface area contributed by atoms with Gasteiger partial charge in [-0.05, 0) is 32.9 Å². The van der Waals surface area contributed by atoms with E-state index < -0.39 is 5.82 Å². The maximum Gasteiger partial charge on any atom is 0.409 e. The van der Waals surface area contributed by atoms with Crippen LogP contribution in [0.3, 0.4) is 0 Å². The second-order valence-electron chi connectivity index (χ2n) is 7.23. The molecule has 0 saturated carbocycles. The van der Waals surface area contributed by atoms with Crippen LogP contribution in [0.15, 0.2) is 24.3 Å². The lowest BCUT2D eigenvalue weighted by Gasteiger charge is -2.30. The molecule has 1 atom stereocenters. The van der Waals surface area contributed by atoms with Gasteiger partial charge in [0.05, 0.1) is 18.3 Å². The Hall–Kier alpha value is -1.86. The van der Waals surface area contributed by atoms with Gasteiger partial charge in [-0.3, -0.25) is 0 Å². The molecule has 146 valence electrons. The summed E-state index contributed by atoms with van der Waals surface area (Å²) in [5.41, 5.74) is -0.385. The molecule has 0 radical (unpaired) electrons. The molecule has 26 heavy (non-hydrogen) atoms. The Kier molecular flexibility index (Phi) is 7.66. The summed E-state index contributed by atoms with van der Waals surface area (Å²) >= 11 is 0. The van der Waals surface area contributed by atoms with Crippen LogP contribution in [0.1, 0.15) is 27.2 Å². The van der Waals surface area contributed by atoms with Crippen molar-refractivity contribution >= 4 is 6.09 Å². The van der Waals surface area contributed by atoms with E-state index in [9.17, 15) is 9.18 Å². The molecular weight excluding hydrogens is 339 g/mol. The van der Waals surface area contributed by atoms with E-state index in [1.807, 2.05) is 20.8 Å². The summed E-state index contributed by atoms with van der Waals surface area (Å²) in [5.74, 6) is -0.189. The summed E-state index contributed by atoms with van der Waals surface area (Å²) in [6.07, 6.45) is -0.168. The molecule has 1 aromatic rings. The first-order chi connectivity index (χ1) is 12.3. The number of carbonyl (C=O) groups is 1. The van der Waals surface area contributed by atoms with E-state index in [4.69, 9.17) is 14.2 Å². The van der Waals surface area contributed by atoms with Gasteiger partial charge in [-0.25, -0.2) is 9.18 Å². The van der Waals surface area contributed by atoms with E-state index in [2.05, 4.69) is 5.32 Å². The quantitative estimate of drug-likeness (QED) is 0.802. The molecule has 1 aliphatic heterocycles. The lowest BCUT2D eigenvalue weighted by molar-refractivity contribution is -0.0900. The van der Waals surface area contributed by atoms with Gasteiger partial charge in [0.25, 0.3) is 0 Å². The predicted octanol–water partition coefficient (Wildman–Crippen LogP) is 2.82. The molecule has 0 bridgehead atoms. The van der Waals surface area contributed by atoms with Crippen LogP contribution in [0.5, 0.6) is 5.75 Å². The highest BCUT2D eigenvalue weighted by atomic mass is 19.1. The zero-order valence-electron chi connectivity index (χ0n) is 15.8. The minimum atomic E-state index is -0.397. The summed E-state index contributed by atoms with van der Waals surface area (Å²) < 4.78 is 30.5. The number of benzene rings is 1. The predicted molar refractivity (Wildman–Crippen MR) is 96.9 cm³/mol. The van der Waals surface area contributed by atoms with Gasteiger partial charge in [-0.1, -0.05) is 12.1 Å². The third-order valence-corrected chi connectivity index (χ3v) is 3.82. The molecule has 1 unspecified atom stereocenters. The van der Waals surface area contributed by atoms with Crippen LogP contribution >= 0.6 is 0 Å². The first-order valence-electron chi connectivity index (χ1n) is 9.03. The van der Waals surface area contributed by atoms with Gasteiger partial charge in [0.2, 0.25) is 0 Å². The average molecular weight is 368 g/mol. The molecule has 1 amide bonds. The fourth-order valence-electron chi connectivity index (χ4n) is 2.64. The van der Waals surface area contributed by atoms with Gasteiger partial charge < -0.3 is 24.4 Å². The molecule has 7 heteroatoms. The molecule has 1 saturated heterocycles. The highest BCUT2D eigenvalue weighted by Gasteiger charge is 2.23. The van der Waals surface area contributed by atoms with Crippen molar-refractivity contribution in [1.82, 2.24) is 10.2 Å². The van der Waals surface area contributed by atoms with E-state index in [1.165, 1.54) is 6.07 Å². The topological polar surface area (TPSA) is 60.0 Å². The second-order valence-corrected chi connectivity index (χ2v) is 7.23. The number of hydrogen-bond acceptors (Lipinski definition) is 5. The van der Waals surface area contributed by atoms with Gasteiger partial charge in [0.15, 0.2) is 11.6 Å². The first-order valence-corrected chi connectivity index (χ1v) is 9.03. The molecule has 1 aliphatic rings. The van der Waals surface area contributed by atoms with Crippen molar-refractivity contribution in [2.24, 2.45) is 0 Å². The number of amides is 1. The number of carbonyl (C=O) groups excluding carboxylic acids is 1. The number of piperazine rings is 1. The zero-order valence-corrected chi connectivity index (χ0v) is 15.8. The Morgan fingerprint density at radius 1 is 1.27 bits per heavy atom. The van der Waals surface area contributed by atoms with Crippen molar-refractivity contribution < 1.29 is 23.4 Å². The van der Waals surface area contributed by atoms with Crippen LogP contribution in [0.25, 0.3) is 0 Å². The Bertz CT molecular complexity index is 571. The Labute approximate surface area is 154 Å². The first kappa shape index (κ1) is 20.5. The fourth-order valence-corrected chi connectivity index (χ4v) is 2.64. The van der Waals surface area contributed by atoms with Gasteiger partial charge in [-0.2, -0.15) is 0 Å². The van der Waals surface area contributed by atoms with Crippen molar-refractivity contribution in [1.29, 1.82) is 0 Å². The fraction of sp³-hybridized carbons (Fsp3) is 0.632. The molecule has 2 rings (SSSR count). The number of ether oxygens (including phenoxy) is 3. The Balaban J connectivity index is 1.82. The van der Waals surface area contributed by atoms with Crippen molar-refractivity contribution in [2.45, 2.75) is 38.9 Å². The van der Waals surface area contributed by atoms with Crippen molar-refractivity contribution in [3.63, 3.8) is 0 Å². The van der Waals surface area contributed by atoms with E-state index in [-0.39, 0.29) is 36.8 Å². The van der Waals surface area contributed by atoms with Crippen molar-refractivity contribution in [3.8, 4) is 5.75 Å². The van der Waals surface area contributed by atoms with E-state index in [0.717, 1.165) is 13.1 Å². The smallest absolute Gasteiger partial charge is 0.409 e. The molecular formula is C19H29FN2O4. The van der Waals surface area contributed by atoms with Crippen molar-refractivity contribution in [3.05, 3.63) is 30.1 Å². The van der Waals surface area contributed by atoms with Crippen LogP contribution in [0, 0.1) is 5.82 Å². The SMILES string of the molecule is CC(C)(C)OC(CCOc1ccccc1F)COC(=O)N1CCNCC1. The standard InChI is InChI=1S/C19H29FN2O4/c1-19(2,3)26-15(8-13-24-17-7-5-4-6-16(17)20)14-25-18(23)22-11-9-21-10-12-22/h4-7,15,21H,8-14H2,1-3H3. The Morgan fingerprint density at radius 3 is 2.62 bits per heavy atom. The zero-order chi connectivity index (χ0) is 19.0. The molecule has 1 aromatic carbocycles. The highest BCUT2D eigenvalue weighted by molar-refractivity contribution is 5.67. The number of rotatable bonds is 7. The number of nitrogens with one attached hydrogen (secondary N) is 1.